The van der Waals surface area contributed by atoms with Crippen LogP contribution in [0.5, 0.6) is 5.75 Å². The fourth-order valence-electron chi connectivity index (χ4n) is 20.4. The summed E-state index contributed by atoms with van der Waals surface area (Å²) < 4.78 is 8.61. The number of hydrogen-bond donors (Lipinski definition) is 4. The maximum atomic E-state index is 6.24. The molecule has 11 heterocycles. The van der Waals surface area contributed by atoms with Gasteiger partial charge in [0.15, 0.2) is 0 Å². The van der Waals surface area contributed by atoms with E-state index in [1.54, 1.807) is 7.11 Å². The molecule has 7 aromatic carbocycles. The van der Waals surface area contributed by atoms with Crippen LogP contribution in [0.3, 0.4) is 0 Å². The van der Waals surface area contributed by atoms with Crippen LogP contribution in [0.2, 0.25) is 0 Å². The first-order chi connectivity index (χ1) is 67.3. The number of hydrogen-bond acceptors (Lipinski definition) is 5. The lowest BCUT2D eigenvalue weighted by Crippen LogP contribution is -2.16. The normalized spacial score (nSPS) is 13.7. The Hall–Kier alpha value is -13.2. The summed E-state index contributed by atoms with van der Waals surface area (Å²) >= 11 is 0. The molecule has 0 saturated carbocycles. The minimum Gasteiger partial charge on any atom is -0.497 e. The van der Waals surface area contributed by atoms with Crippen molar-refractivity contribution in [1.29, 1.82) is 0 Å². The van der Waals surface area contributed by atoms with E-state index in [-0.39, 0.29) is 65.0 Å². The van der Waals surface area contributed by atoms with Crippen molar-refractivity contribution in [3.8, 4) is 101 Å². The van der Waals surface area contributed by atoms with E-state index in [0.29, 0.717) is 0 Å². The Morgan fingerprint density at radius 3 is 0.469 bits per heavy atom. The highest BCUT2D eigenvalue weighted by Crippen LogP contribution is 2.51. The molecule has 746 valence electrons. The number of nitrogens with zero attached hydrogens (tertiary/aromatic N) is 5. The molecule has 10 heteroatoms. The molecule has 0 spiro atoms. The topological polar surface area (TPSA) is 129 Å². The van der Waals surface area contributed by atoms with Crippen LogP contribution in [0.25, 0.3) is 188 Å². The molecule has 0 saturated heterocycles. The molecule has 4 aliphatic heterocycles. The number of nitrogens with one attached hydrogen (secondary N) is 4. The fraction of sp³-hybridized carbons (Fsp3) is 0.363. The van der Waals surface area contributed by atoms with Gasteiger partial charge in [-0.1, -0.05) is 358 Å². The zero-order valence-corrected chi connectivity index (χ0v) is 93.7. The predicted molar refractivity (Wildman–Crippen MR) is 625 cm³/mol. The second-order valence-electron chi connectivity index (χ2n) is 53.9. The van der Waals surface area contributed by atoms with Gasteiger partial charge in [0.1, 0.15) is 5.75 Å². The molecule has 4 N–H and O–H groups in total. The number of aromatic nitrogens is 9. The highest BCUT2D eigenvalue weighted by molar-refractivity contribution is 6.05. The van der Waals surface area contributed by atoms with E-state index in [1.165, 1.54) is 66.8 Å². The number of rotatable bonds is 10. The van der Waals surface area contributed by atoms with Crippen LogP contribution in [-0.2, 0) is 65.0 Å². The maximum Gasteiger partial charge on any atom is 0.119 e. The summed E-state index contributed by atoms with van der Waals surface area (Å²) in [6.45, 7) is 83.9. The van der Waals surface area contributed by atoms with Crippen LogP contribution in [0.15, 0.2) is 194 Å². The highest BCUT2D eigenvalue weighted by Gasteiger charge is 2.35. The van der Waals surface area contributed by atoms with E-state index in [4.69, 9.17) is 24.7 Å². The molecule has 16 bridgehead atoms. The van der Waals surface area contributed by atoms with Crippen LogP contribution in [0.1, 0.15) is 362 Å². The third-order valence-electron chi connectivity index (χ3n) is 30.0. The Balaban J connectivity index is 1.04. The van der Waals surface area contributed by atoms with Gasteiger partial charge in [-0.05, 0) is 299 Å². The van der Waals surface area contributed by atoms with E-state index < -0.39 is 0 Å². The Morgan fingerprint density at radius 1 is 0.179 bits per heavy atom. The van der Waals surface area contributed by atoms with Crippen LogP contribution >= 0.6 is 0 Å². The van der Waals surface area contributed by atoms with Crippen LogP contribution in [0.4, 0.5) is 0 Å². The van der Waals surface area contributed by atoms with Crippen molar-refractivity contribution in [3.63, 3.8) is 0 Å². The summed E-state index contributed by atoms with van der Waals surface area (Å²) in [5.41, 5.74) is 43.2. The molecular weight excluding hydrogens is 1760 g/mol. The lowest BCUT2D eigenvalue weighted by atomic mass is 9.78. The van der Waals surface area contributed by atoms with E-state index in [9.17, 15) is 0 Å². The molecule has 18 rings (SSSR count). The number of fused-ring (bicyclic) bond motifs is 16. The average molecular weight is 1920 g/mol. The molecule has 4 aliphatic rings. The zero-order valence-electron chi connectivity index (χ0n) is 93.7. The molecule has 7 aromatic heterocycles. The van der Waals surface area contributed by atoms with E-state index in [0.717, 1.165) is 190 Å². The molecule has 14 aromatic rings. The van der Waals surface area contributed by atoms with E-state index in [1.807, 2.05) is 0 Å². The highest BCUT2D eigenvalue weighted by atomic mass is 16.5. The van der Waals surface area contributed by atoms with Gasteiger partial charge >= 0.3 is 0 Å². The molecule has 0 fully saturated rings. The van der Waals surface area contributed by atoms with Gasteiger partial charge in [0, 0.05) is 83.3 Å². The summed E-state index contributed by atoms with van der Waals surface area (Å²) in [6, 6.07) is 75.1. The number of aromatic amines is 4. The van der Waals surface area contributed by atoms with Gasteiger partial charge in [0.25, 0.3) is 0 Å². The van der Waals surface area contributed by atoms with Crippen LogP contribution in [0, 0.1) is 0 Å². The van der Waals surface area contributed by atoms with Crippen molar-refractivity contribution in [1.82, 2.24) is 44.4 Å². The SMILES string of the molecule is COc1ccc(-n2c(-c3c4nc(c(-c5cc(C(C)(C)C)cc(C(C)(C)C)c5)c5ccc([nH]5)c(-c5cc(C(C)(C)C)cc(C(C)(C)C)c5)c5nc(c(-c6cc(C(C)(C)C)cc(C(C)(C)C)c6)c6ccc3[nH]6)C=C5)C=C4)ccc2-c2c3nc(c(-c4cc(C(C)(C)C)cc(C(C)(C)C)c4)c4ccc([nH]4)c(-c4cc(C(C)(C)C)cc(C(C)(C)C)c4)c4nc(c(-c5cc(C(C)(C)C)cc(C(C)(C)C)c5)c5ccc2[nH]5)C=C4)C=C3)cc1. The Kier molecular flexibility index (Phi) is 25.0. The number of H-pyrrole nitrogens is 4. The second kappa shape index (κ2) is 35.6. The van der Waals surface area contributed by atoms with E-state index >= 15 is 0 Å². The lowest BCUT2D eigenvalue weighted by Gasteiger charge is -2.26. The van der Waals surface area contributed by atoms with Gasteiger partial charge in [0.2, 0.25) is 0 Å². The monoisotopic (exact) mass is 1920 g/mol. The quantitative estimate of drug-likeness (QED) is 0.108. The zero-order chi connectivity index (χ0) is 105. The molecule has 0 radical (unpaired) electrons. The Labute approximate surface area is 864 Å². The summed E-state index contributed by atoms with van der Waals surface area (Å²) in [6.07, 6.45) is 18.1. The van der Waals surface area contributed by atoms with Crippen LogP contribution < -0.4 is 4.74 Å². The number of methoxy groups -OCH3 is 1. The molecule has 145 heavy (non-hydrogen) atoms. The Morgan fingerprint density at radius 2 is 0.324 bits per heavy atom. The average Bonchev–Trinajstić information content (AvgIpc) is 1.58. The van der Waals surface area contributed by atoms with Gasteiger partial charge in [-0.3, -0.25) is 0 Å². The van der Waals surface area contributed by atoms with Gasteiger partial charge in [-0.25, -0.2) is 19.9 Å². The summed E-state index contributed by atoms with van der Waals surface area (Å²) in [5.74, 6) is 0.730. The minimum absolute atomic E-state index is 0.178. The van der Waals surface area contributed by atoms with Gasteiger partial charge in [0.05, 0.1) is 75.1 Å². The van der Waals surface area contributed by atoms with Crippen molar-refractivity contribution < 1.29 is 4.74 Å². The molecule has 10 nitrogen and oxygen atoms in total. The van der Waals surface area contributed by atoms with Crippen LogP contribution in [-0.4, -0.2) is 51.5 Å². The van der Waals surface area contributed by atoms with Crippen molar-refractivity contribution >= 4 is 92.7 Å². The largest absolute Gasteiger partial charge is 0.497 e. The minimum atomic E-state index is -0.217. The van der Waals surface area contributed by atoms with Gasteiger partial charge in [-0.2, -0.15) is 0 Å². The molecule has 0 amide bonds. The van der Waals surface area contributed by atoms with Gasteiger partial charge < -0.3 is 29.2 Å². The Bertz CT molecular complexity index is 7290. The number of benzene rings is 7. The van der Waals surface area contributed by atoms with Crippen molar-refractivity contribution in [2.45, 2.75) is 314 Å². The first kappa shape index (κ1) is 102. The predicted octanol–water partition coefficient (Wildman–Crippen LogP) is 37.3. The molecule has 0 aliphatic carbocycles. The van der Waals surface area contributed by atoms with Crippen molar-refractivity contribution in [2.75, 3.05) is 7.11 Å². The molecular formula is C135H155N9O. The standard InChI is InChI=1S/C135H155N9O/c1-124(2,3)84-60-78(61-85(72-84)125(4,5)6)116-98-42-46-102(136-98)118(80-64-88(128(13,14)15)74-89(65-80)129(16,17)18)106-50-54-110(140-106)122(111-55-51-107(141-111)119(103-47-43-99(116)137-103)81-66-90(130(19,20)21)75-91(67-81)131(22,23)24)114-58-59-115(144(114)96-38-40-97(145-37)41-39-96)123-112-56-52-108(142-112)120(82-68-92(132(25,26)27)76-93(69-82)133(28,29)30)104-48-44-100(138-104)117(79-62-86(126(7,8)9)73-87(63-79)127(10,11)12)101-45-49-105(139-101)121(109-53-57-113(123)143-109)83-70-94(134(31,32)33)77-95(71-83)135(34,35)36/h38-77,136,138,141,143H,1-37H3. The first-order valence-corrected chi connectivity index (χ1v) is 52.5. The van der Waals surface area contributed by atoms with Crippen molar-refractivity contribution in [2.24, 2.45) is 0 Å². The number of ether oxygens (including phenoxy) is 1. The second-order valence-corrected chi connectivity index (χ2v) is 53.9. The molecule has 0 unspecified atom stereocenters. The third-order valence-corrected chi connectivity index (χ3v) is 30.0. The van der Waals surface area contributed by atoms with Gasteiger partial charge in [-0.15, -0.1) is 0 Å². The fourth-order valence-corrected chi connectivity index (χ4v) is 20.4. The summed E-state index contributed by atoms with van der Waals surface area (Å²) in [4.78, 5) is 41.8. The lowest BCUT2D eigenvalue weighted by molar-refractivity contribution is 0.415. The van der Waals surface area contributed by atoms with E-state index in [2.05, 4.69) is 516 Å². The van der Waals surface area contributed by atoms with Crippen molar-refractivity contribution in [3.05, 3.63) is 306 Å². The third kappa shape index (κ3) is 20.2. The summed E-state index contributed by atoms with van der Waals surface area (Å²) in [7, 11) is 1.75. The first-order valence-electron chi connectivity index (χ1n) is 52.5. The smallest absolute Gasteiger partial charge is 0.119 e. The summed E-state index contributed by atoms with van der Waals surface area (Å²) in [5, 5.41) is 0. The maximum absolute atomic E-state index is 6.24. The molecule has 0 atom stereocenters.